The Morgan fingerprint density at radius 2 is 2.00 bits per heavy atom. The molecule has 0 saturated heterocycles. The molecule has 0 unspecified atom stereocenters. The van der Waals surface area contributed by atoms with Gasteiger partial charge in [0, 0.05) is 16.8 Å². The van der Waals surface area contributed by atoms with Gasteiger partial charge in [-0.1, -0.05) is 17.7 Å². The van der Waals surface area contributed by atoms with Crippen LogP contribution in [0.1, 0.15) is 16.8 Å². The molecule has 0 aliphatic carbocycles. The van der Waals surface area contributed by atoms with Gasteiger partial charge in [0.2, 0.25) is 0 Å². The number of benzene rings is 1. The van der Waals surface area contributed by atoms with Crippen molar-refractivity contribution < 1.29 is 5.11 Å². The Morgan fingerprint density at radius 1 is 1.20 bits per heavy atom. The SMILES string of the molecule is Cc1ccn2c(CO)c(-c3ccc(Cl)c(C)c3)nc2c1. The van der Waals surface area contributed by atoms with Gasteiger partial charge in [0.1, 0.15) is 5.65 Å². The van der Waals surface area contributed by atoms with Crippen molar-refractivity contribution in [3.8, 4) is 11.3 Å². The molecule has 2 aromatic heterocycles. The second kappa shape index (κ2) is 4.93. The lowest BCUT2D eigenvalue weighted by Crippen LogP contribution is -1.94. The molecule has 1 N–H and O–H groups in total. The fourth-order valence-electron chi connectivity index (χ4n) is 2.37. The quantitative estimate of drug-likeness (QED) is 0.779. The van der Waals surface area contributed by atoms with Crippen LogP contribution in [0.5, 0.6) is 0 Å². The maximum atomic E-state index is 9.67. The van der Waals surface area contributed by atoms with Gasteiger partial charge >= 0.3 is 0 Å². The maximum Gasteiger partial charge on any atom is 0.138 e. The number of aromatic nitrogens is 2. The van der Waals surface area contributed by atoms with E-state index in [1.54, 1.807) is 0 Å². The smallest absolute Gasteiger partial charge is 0.138 e. The van der Waals surface area contributed by atoms with Crippen LogP contribution in [0.3, 0.4) is 0 Å². The molecule has 0 amide bonds. The first-order chi connectivity index (χ1) is 9.60. The molecule has 2 heterocycles. The molecule has 0 radical (unpaired) electrons. The highest BCUT2D eigenvalue weighted by Gasteiger charge is 2.13. The van der Waals surface area contributed by atoms with Crippen molar-refractivity contribution in [2.45, 2.75) is 20.5 Å². The number of aryl methyl sites for hydroxylation is 2. The molecule has 3 rings (SSSR count). The molecule has 0 atom stereocenters. The number of rotatable bonds is 2. The van der Waals surface area contributed by atoms with Gasteiger partial charge in [-0.05, 0) is 49.2 Å². The number of fused-ring (bicyclic) bond motifs is 1. The summed E-state index contributed by atoms with van der Waals surface area (Å²) in [6.45, 7) is 3.94. The van der Waals surface area contributed by atoms with Crippen molar-refractivity contribution in [2.24, 2.45) is 0 Å². The number of hydrogen-bond acceptors (Lipinski definition) is 2. The zero-order valence-electron chi connectivity index (χ0n) is 11.4. The van der Waals surface area contributed by atoms with Gasteiger partial charge in [0.25, 0.3) is 0 Å². The molecule has 102 valence electrons. The van der Waals surface area contributed by atoms with Crippen LogP contribution in [0, 0.1) is 13.8 Å². The monoisotopic (exact) mass is 286 g/mol. The lowest BCUT2D eigenvalue weighted by molar-refractivity contribution is 0.276. The van der Waals surface area contributed by atoms with E-state index >= 15 is 0 Å². The highest BCUT2D eigenvalue weighted by Crippen LogP contribution is 2.28. The van der Waals surface area contributed by atoms with Gasteiger partial charge in [-0.3, -0.25) is 0 Å². The summed E-state index contributed by atoms with van der Waals surface area (Å²) in [7, 11) is 0. The molecular weight excluding hydrogens is 272 g/mol. The summed E-state index contributed by atoms with van der Waals surface area (Å²) >= 11 is 6.07. The van der Waals surface area contributed by atoms with E-state index < -0.39 is 0 Å². The van der Waals surface area contributed by atoms with Crippen LogP contribution in [0.4, 0.5) is 0 Å². The zero-order valence-corrected chi connectivity index (χ0v) is 12.1. The Labute approximate surface area is 122 Å². The van der Waals surface area contributed by atoms with Crippen LogP contribution in [0.2, 0.25) is 5.02 Å². The van der Waals surface area contributed by atoms with E-state index in [-0.39, 0.29) is 6.61 Å². The van der Waals surface area contributed by atoms with E-state index in [2.05, 4.69) is 4.98 Å². The first-order valence-corrected chi connectivity index (χ1v) is 6.83. The maximum absolute atomic E-state index is 9.67. The minimum atomic E-state index is -0.0543. The molecule has 0 aliphatic heterocycles. The lowest BCUT2D eigenvalue weighted by atomic mass is 10.1. The zero-order chi connectivity index (χ0) is 14.3. The fourth-order valence-corrected chi connectivity index (χ4v) is 2.49. The highest BCUT2D eigenvalue weighted by atomic mass is 35.5. The number of nitrogens with zero attached hydrogens (tertiary/aromatic N) is 2. The van der Waals surface area contributed by atoms with Crippen molar-refractivity contribution in [1.29, 1.82) is 0 Å². The second-order valence-electron chi connectivity index (χ2n) is 4.96. The molecule has 3 nitrogen and oxygen atoms in total. The molecule has 0 spiro atoms. The summed E-state index contributed by atoms with van der Waals surface area (Å²) in [6, 6.07) is 9.80. The van der Waals surface area contributed by atoms with Crippen molar-refractivity contribution in [2.75, 3.05) is 0 Å². The largest absolute Gasteiger partial charge is 0.390 e. The molecule has 20 heavy (non-hydrogen) atoms. The van der Waals surface area contributed by atoms with Gasteiger partial charge in [0.05, 0.1) is 18.0 Å². The summed E-state index contributed by atoms with van der Waals surface area (Å²) in [5.74, 6) is 0. The van der Waals surface area contributed by atoms with Crippen molar-refractivity contribution in [1.82, 2.24) is 9.38 Å². The second-order valence-corrected chi connectivity index (χ2v) is 5.37. The van der Waals surface area contributed by atoms with E-state index in [9.17, 15) is 5.11 Å². The van der Waals surface area contributed by atoms with E-state index in [0.717, 1.165) is 38.7 Å². The topological polar surface area (TPSA) is 37.5 Å². The Bertz CT molecular complexity index is 793. The fraction of sp³-hybridized carbons (Fsp3) is 0.188. The molecule has 1 aromatic carbocycles. The molecule has 4 heteroatoms. The van der Waals surface area contributed by atoms with Gasteiger partial charge in [-0.15, -0.1) is 0 Å². The Morgan fingerprint density at radius 3 is 2.70 bits per heavy atom. The van der Waals surface area contributed by atoms with Crippen LogP contribution in [0.15, 0.2) is 36.5 Å². The van der Waals surface area contributed by atoms with Gasteiger partial charge in [0.15, 0.2) is 0 Å². The average molecular weight is 287 g/mol. The minimum absolute atomic E-state index is 0.0543. The average Bonchev–Trinajstić information content (AvgIpc) is 2.79. The number of aliphatic hydroxyl groups excluding tert-OH is 1. The Kier molecular flexibility index (Phi) is 3.24. The van der Waals surface area contributed by atoms with Crippen LogP contribution in [0.25, 0.3) is 16.9 Å². The van der Waals surface area contributed by atoms with Crippen molar-refractivity contribution in [3.05, 3.63) is 58.4 Å². The Balaban J connectivity index is 2.26. The van der Waals surface area contributed by atoms with E-state index in [1.807, 2.05) is 54.8 Å². The third-order valence-corrected chi connectivity index (χ3v) is 3.89. The third-order valence-electron chi connectivity index (χ3n) is 3.46. The minimum Gasteiger partial charge on any atom is -0.390 e. The van der Waals surface area contributed by atoms with Crippen LogP contribution < -0.4 is 0 Å². The molecule has 3 aromatic rings. The summed E-state index contributed by atoms with van der Waals surface area (Å²) in [5.41, 5.74) is 5.56. The van der Waals surface area contributed by atoms with Crippen molar-refractivity contribution >= 4 is 17.2 Å². The molecule has 0 saturated carbocycles. The first-order valence-electron chi connectivity index (χ1n) is 6.45. The standard InChI is InChI=1S/C16H15ClN2O/c1-10-5-6-19-14(9-20)16(18-15(19)7-10)12-3-4-13(17)11(2)8-12/h3-8,20H,9H2,1-2H3. The number of halogens is 1. The van der Waals surface area contributed by atoms with Gasteiger partial charge < -0.3 is 9.51 Å². The number of pyridine rings is 1. The van der Waals surface area contributed by atoms with E-state index in [1.165, 1.54) is 0 Å². The van der Waals surface area contributed by atoms with E-state index in [0.29, 0.717) is 0 Å². The molecule has 0 fully saturated rings. The normalized spacial score (nSPS) is 11.2. The number of hydrogen-bond donors (Lipinski definition) is 1. The summed E-state index contributed by atoms with van der Waals surface area (Å²) in [4.78, 5) is 4.65. The number of aliphatic hydroxyl groups is 1. The first kappa shape index (κ1) is 13.2. The number of imidazole rings is 1. The van der Waals surface area contributed by atoms with Crippen LogP contribution >= 0.6 is 11.6 Å². The third kappa shape index (κ3) is 2.09. The van der Waals surface area contributed by atoms with Gasteiger partial charge in [-0.25, -0.2) is 4.98 Å². The molecule has 0 bridgehead atoms. The molecule has 0 aliphatic rings. The predicted molar refractivity (Wildman–Crippen MR) is 81.0 cm³/mol. The Hall–Kier alpha value is -1.84. The van der Waals surface area contributed by atoms with Gasteiger partial charge in [-0.2, -0.15) is 0 Å². The summed E-state index contributed by atoms with van der Waals surface area (Å²) in [6.07, 6.45) is 1.94. The molecular formula is C16H15ClN2O. The summed E-state index contributed by atoms with van der Waals surface area (Å²) < 4.78 is 1.92. The highest BCUT2D eigenvalue weighted by molar-refractivity contribution is 6.31. The van der Waals surface area contributed by atoms with E-state index in [4.69, 9.17) is 11.6 Å². The van der Waals surface area contributed by atoms with Crippen LogP contribution in [-0.2, 0) is 6.61 Å². The lowest BCUT2D eigenvalue weighted by Gasteiger charge is -2.04. The van der Waals surface area contributed by atoms with Crippen LogP contribution in [-0.4, -0.2) is 14.5 Å². The van der Waals surface area contributed by atoms with Crippen molar-refractivity contribution in [3.63, 3.8) is 0 Å². The summed E-state index contributed by atoms with van der Waals surface area (Å²) in [5, 5.41) is 10.4. The predicted octanol–water partition coefficient (Wildman–Crippen LogP) is 3.76.